The number of benzene rings is 1. The molecule has 0 bridgehead atoms. The molecule has 1 aromatic rings. The van der Waals surface area contributed by atoms with Crippen LogP contribution >= 0.6 is 0 Å². The first-order valence-corrected chi connectivity index (χ1v) is 8.58. The molecular formula is C19H26N2O3. The maximum Gasteiger partial charge on any atom is 0.256 e. The van der Waals surface area contributed by atoms with Gasteiger partial charge in [0, 0.05) is 7.11 Å². The van der Waals surface area contributed by atoms with Crippen LogP contribution in [-0.2, 0) is 9.53 Å². The van der Waals surface area contributed by atoms with Gasteiger partial charge in [0.1, 0.15) is 17.4 Å². The molecule has 0 radical (unpaired) electrons. The Morgan fingerprint density at radius 1 is 1.50 bits per heavy atom. The van der Waals surface area contributed by atoms with E-state index in [4.69, 9.17) is 9.47 Å². The monoisotopic (exact) mass is 330 g/mol. The highest BCUT2D eigenvalue weighted by atomic mass is 16.5. The van der Waals surface area contributed by atoms with Crippen molar-refractivity contribution >= 4 is 11.6 Å². The smallest absolute Gasteiger partial charge is 0.256 e. The number of anilines is 1. The van der Waals surface area contributed by atoms with Crippen molar-refractivity contribution in [3.63, 3.8) is 0 Å². The van der Waals surface area contributed by atoms with E-state index in [2.05, 4.69) is 18.3 Å². The summed E-state index contributed by atoms with van der Waals surface area (Å²) in [5.41, 5.74) is 0.0926. The molecule has 1 amide bonds. The number of nitriles is 1. The molecule has 0 heterocycles. The summed E-state index contributed by atoms with van der Waals surface area (Å²) in [7, 11) is 1.59. The van der Waals surface area contributed by atoms with Gasteiger partial charge in [0.05, 0.1) is 17.9 Å². The summed E-state index contributed by atoms with van der Waals surface area (Å²) < 4.78 is 11.2. The highest BCUT2D eigenvalue weighted by Crippen LogP contribution is 2.36. The molecule has 0 saturated heterocycles. The second kappa shape index (κ2) is 8.16. The maximum absolute atomic E-state index is 12.8. The maximum atomic E-state index is 12.8. The largest absolute Gasteiger partial charge is 0.494 e. The lowest BCUT2D eigenvalue weighted by Crippen LogP contribution is -2.48. The van der Waals surface area contributed by atoms with E-state index in [0.717, 1.165) is 19.3 Å². The SMILES string of the molecule is CCCOc1ccc(NC(=O)[C@]2(OC)CCC[C@H](C)C2)c(C#N)c1. The van der Waals surface area contributed by atoms with Gasteiger partial charge >= 0.3 is 0 Å². The Hall–Kier alpha value is -2.06. The summed E-state index contributed by atoms with van der Waals surface area (Å²) in [6.07, 6.45) is 4.39. The second-order valence-corrected chi connectivity index (χ2v) is 6.52. The fraction of sp³-hybridized carbons (Fsp3) is 0.579. The minimum Gasteiger partial charge on any atom is -0.494 e. The number of hydrogen-bond donors (Lipinski definition) is 1. The van der Waals surface area contributed by atoms with Crippen LogP contribution in [0.15, 0.2) is 18.2 Å². The number of carbonyl (C=O) groups excluding carboxylic acids is 1. The molecular weight excluding hydrogens is 304 g/mol. The fourth-order valence-electron chi connectivity index (χ4n) is 3.26. The second-order valence-electron chi connectivity index (χ2n) is 6.52. The molecule has 2 atom stereocenters. The Kier molecular flexibility index (Phi) is 6.22. The number of carbonyl (C=O) groups is 1. The van der Waals surface area contributed by atoms with Gasteiger partial charge in [-0.3, -0.25) is 4.79 Å². The van der Waals surface area contributed by atoms with Gasteiger partial charge in [0.25, 0.3) is 5.91 Å². The lowest BCUT2D eigenvalue weighted by Gasteiger charge is -2.37. The van der Waals surface area contributed by atoms with Crippen LogP contribution in [0.4, 0.5) is 5.69 Å². The van der Waals surface area contributed by atoms with E-state index in [1.165, 1.54) is 0 Å². The van der Waals surface area contributed by atoms with Gasteiger partial charge < -0.3 is 14.8 Å². The molecule has 0 aromatic heterocycles. The van der Waals surface area contributed by atoms with E-state index in [1.807, 2.05) is 6.92 Å². The summed E-state index contributed by atoms with van der Waals surface area (Å²) in [6, 6.07) is 7.28. The minimum atomic E-state index is -0.804. The number of rotatable bonds is 6. The molecule has 1 N–H and O–H groups in total. The molecule has 1 aliphatic carbocycles. The Morgan fingerprint density at radius 3 is 2.92 bits per heavy atom. The van der Waals surface area contributed by atoms with Crippen molar-refractivity contribution in [3.05, 3.63) is 23.8 Å². The van der Waals surface area contributed by atoms with Crippen molar-refractivity contribution in [1.29, 1.82) is 5.26 Å². The minimum absolute atomic E-state index is 0.171. The quantitative estimate of drug-likeness (QED) is 0.859. The molecule has 5 nitrogen and oxygen atoms in total. The average Bonchev–Trinajstić information content (AvgIpc) is 2.60. The van der Waals surface area contributed by atoms with Crippen LogP contribution in [0.1, 0.15) is 51.5 Å². The number of amides is 1. The van der Waals surface area contributed by atoms with Crippen molar-refractivity contribution in [2.75, 3.05) is 19.0 Å². The summed E-state index contributed by atoms with van der Waals surface area (Å²) in [6.45, 7) is 4.76. The molecule has 1 fully saturated rings. The van der Waals surface area contributed by atoms with E-state index in [0.29, 0.717) is 42.4 Å². The van der Waals surface area contributed by atoms with Crippen LogP contribution in [0.25, 0.3) is 0 Å². The Balaban J connectivity index is 2.17. The molecule has 0 spiro atoms. The van der Waals surface area contributed by atoms with E-state index >= 15 is 0 Å². The zero-order valence-electron chi connectivity index (χ0n) is 14.7. The summed E-state index contributed by atoms with van der Waals surface area (Å²) in [5, 5.41) is 12.3. The number of ether oxygens (including phenoxy) is 2. The Morgan fingerprint density at radius 2 is 2.29 bits per heavy atom. The van der Waals surface area contributed by atoms with Crippen molar-refractivity contribution in [2.45, 2.75) is 51.6 Å². The van der Waals surface area contributed by atoms with Crippen LogP contribution in [0.3, 0.4) is 0 Å². The predicted octanol–water partition coefficient (Wildman–Crippen LogP) is 3.88. The lowest BCUT2D eigenvalue weighted by atomic mass is 9.78. The Labute approximate surface area is 144 Å². The number of nitrogens with one attached hydrogen (secondary N) is 1. The number of hydrogen-bond acceptors (Lipinski definition) is 4. The molecule has 130 valence electrons. The molecule has 0 unspecified atom stereocenters. The highest BCUT2D eigenvalue weighted by Gasteiger charge is 2.42. The van der Waals surface area contributed by atoms with Gasteiger partial charge in [-0.2, -0.15) is 5.26 Å². The zero-order valence-corrected chi connectivity index (χ0v) is 14.7. The average molecular weight is 330 g/mol. The number of methoxy groups -OCH3 is 1. The van der Waals surface area contributed by atoms with E-state index in [-0.39, 0.29) is 5.91 Å². The van der Waals surface area contributed by atoms with Crippen molar-refractivity contribution in [1.82, 2.24) is 0 Å². The first kappa shape index (κ1) is 18.3. The summed E-state index contributed by atoms with van der Waals surface area (Å²) in [4.78, 5) is 12.8. The summed E-state index contributed by atoms with van der Waals surface area (Å²) >= 11 is 0. The van der Waals surface area contributed by atoms with Gasteiger partial charge in [0.2, 0.25) is 0 Å². The van der Waals surface area contributed by atoms with Gasteiger partial charge in [0.15, 0.2) is 0 Å². The third kappa shape index (κ3) is 4.07. The predicted molar refractivity (Wildman–Crippen MR) is 92.9 cm³/mol. The Bertz CT molecular complexity index is 624. The first-order valence-electron chi connectivity index (χ1n) is 8.58. The molecule has 1 aromatic carbocycles. The normalized spacial score (nSPS) is 23.3. The molecule has 0 aliphatic heterocycles. The standard InChI is InChI=1S/C19H26N2O3/c1-4-10-24-16-7-8-17(15(11-16)13-20)21-18(22)19(23-3)9-5-6-14(2)12-19/h7-8,11,14H,4-6,9-10,12H2,1-3H3,(H,21,22)/t14-,19-/m0/s1. The van der Waals surface area contributed by atoms with Gasteiger partial charge in [-0.15, -0.1) is 0 Å². The van der Waals surface area contributed by atoms with Gasteiger partial charge in [-0.25, -0.2) is 0 Å². The van der Waals surface area contributed by atoms with Crippen LogP contribution in [0.5, 0.6) is 5.75 Å². The topological polar surface area (TPSA) is 71.3 Å². The third-order valence-electron chi connectivity index (χ3n) is 4.59. The molecule has 24 heavy (non-hydrogen) atoms. The molecule has 1 aliphatic rings. The molecule has 1 saturated carbocycles. The van der Waals surface area contributed by atoms with Gasteiger partial charge in [-0.1, -0.05) is 20.3 Å². The van der Waals surface area contributed by atoms with Crippen LogP contribution < -0.4 is 10.1 Å². The first-order chi connectivity index (χ1) is 11.5. The number of nitrogens with zero attached hydrogens (tertiary/aromatic N) is 1. The van der Waals surface area contributed by atoms with E-state index in [1.54, 1.807) is 25.3 Å². The molecule has 5 heteroatoms. The highest BCUT2D eigenvalue weighted by molar-refractivity contribution is 5.98. The van der Waals surface area contributed by atoms with Gasteiger partial charge in [-0.05, 0) is 49.8 Å². The fourth-order valence-corrected chi connectivity index (χ4v) is 3.26. The van der Waals surface area contributed by atoms with Crippen molar-refractivity contribution < 1.29 is 14.3 Å². The van der Waals surface area contributed by atoms with Crippen LogP contribution in [-0.4, -0.2) is 25.2 Å². The van der Waals surface area contributed by atoms with Crippen LogP contribution in [0.2, 0.25) is 0 Å². The third-order valence-corrected chi connectivity index (χ3v) is 4.59. The van der Waals surface area contributed by atoms with Crippen molar-refractivity contribution in [2.24, 2.45) is 5.92 Å². The van der Waals surface area contributed by atoms with E-state index in [9.17, 15) is 10.1 Å². The van der Waals surface area contributed by atoms with Crippen LogP contribution in [0, 0.1) is 17.2 Å². The van der Waals surface area contributed by atoms with E-state index < -0.39 is 5.60 Å². The zero-order chi connectivity index (χ0) is 17.6. The lowest BCUT2D eigenvalue weighted by molar-refractivity contribution is -0.143. The molecule has 2 rings (SSSR count). The summed E-state index contributed by atoms with van der Waals surface area (Å²) in [5.74, 6) is 0.916. The van der Waals surface area contributed by atoms with Crippen molar-refractivity contribution in [3.8, 4) is 11.8 Å².